The van der Waals surface area contributed by atoms with Crippen molar-refractivity contribution in [2.24, 2.45) is 5.92 Å². The van der Waals surface area contributed by atoms with E-state index in [2.05, 4.69) is 37.0 Å². The van der Waals surface area contributed by atoms with Gasteiger partial charge < -0.3 is 9.80 Å². The molecule has 3 saturated heterocycles. The molecule has 5 rings (SSSR count). The van der Waals surface area contributed by atoms with E-state index in [0.29, 0.717) is 11.9 Å². The maximum atomic E-state index is 12.9. The maximum Gasteiger partial charge on any atom is 0.226 e. The molecule has 0 saturated carbocycles. The van der Waals surface area contributed by atoms with Crippen molar-refractivity contribution >= 4 is 33.3 Å². The second kappa shape index (κ2) is 8.19. The van der Waals surface area contributed by atoms with Crippen LogP contribution in [-0.2, 0) is 4.79 Å². The van der Waals surface area contributed by atoms with Gasteiger partial charge in [0.05, 0.1) is 16.1 Å². The Bertz CT molecular complexity index is 869. The summed E-state index contributed by atoms with van der Waals surface area (Å²) in [6.45, 7) is 8.26. The molecule has 0 bridgehead atoms. The molecule has 6 nitrogen and oxygen atoms in total. The van der Waals surface area contributed by atoms with Crippen molar-refractivity contribution in [3.63, 3.8) is 0 Å². The maximum absolute atomic E-state index is 12.9. The first-order valence-electron chi connectivity index (χ1n) is 11.2. The van der Waals surface area contributed by atoms with Gasteiger partial charge in [0.2, 0.25) is 5.91 Å². The van der Waals surface area contributed by atoms with Crippen molar-refractivity contribution in [2.45, 2.75) is 51.5 Å². The number of hydrogen-bond acceptors (Lipinski definition) is 6. The molecule has 3 aliphatic heterocycles. The number of piperidine rings is 2. The number of aryl methyl sites for hydroxylation is 1. The van der Waals surface area contributed by atoms with E-state index >= 15 is 0 Å². The first-order chi connectivity index (χ1) is 14.2. The van der Waals surface area contributed by atoms with E-state index in [0.717, 1.165) is 76.3 Å². The van der Waals surface area contributed by atoms with Gasteiger partial charge in [0.25, 0.3) is 0 Å². The number of anilines is 1. The number of nitrogens with zero attached hydrogens (tertiary/aromatic N) is 5. The third-order valence-electron chi connectivity index (χ3n) is 7.01. The number of carbonyl (C=O) groups is 1. The third kappa shape index (κ3) is 3.75. The number of likely N-dealkylation sites (tertiary alicyclic amines) is 2. The Morgan fingerprint density at radius 1 is 1.03 bits per heavy atom. The number of rotatable bonds is 3. The van der Waals surface area contributed by atoms with Gasteiger partial charge >= 0.3 is 0 Å². The van der Waals surface area contributed by atoms with Crippen molar-refractivity contribution in [3.8, 4) is 0 Å². The Balaban J connectivity index is 1.21. The van der Waals surface area contributed by atoms with Crippen molar-refractivity contribution < 1.29 is 4.79 Å². The molecule has 0 aliphatic carbocycles. The van der Waals surface area contributed by atoms with Crippen LogP contribution in [0, 0.1) is 12.8 Å². The highest BCUT2D eigenvalue weighted by Crippen LogP contribution is 2.33. The minimum atomic E-state index is 0.218. The van der Waals surface area contributed by atoms with Gasteiger partial charge in [-0.2, -0.15) is 0 Å². The van der Waals surface area contributed by atoms with E-state index in [1.165, 1.54) is 23.1 Å². The van der Waals surface area contributed by atoms with Gasteiger partial charge in [-0.15, -0.1) is 11.3 Å². The minimum absolute atomic E-state index is 0.218. The highest BCUT2D eigenvalue weighted by Gasteiger charge is 2.34. The van der Waals surface area contributed by atoms with Crippen molar-refractivity contribution in [3.05, 3.63) is 17.3 Å². The van der Waals surface area contributed by atoms with E-state index in [1.807, 2.05) is 0 Å². The lowest BCUT2D eigenvalue weighted by atomic mass is 9.93. The lowest BCUT2D eigenvalue weighted by Crippen LogP contribution is -2.51. The lowest BCUT2D eigenvalue weighted by Gasteiger charge is -2.42. The fraction of sp³-hybridized carbons (Fsp3) is 0.682. The Morgan fingerprint density at radius 2 is 1.83 bits per heavy atom. The molecule has 156 valence electrons. The summed E-state index contributed by atoms with van der Waals surface area (Å²) < 4.78 is 1.22. The van der Waals surface area contributed by atoms with Crippen LogP contribution in [0.15, 0.2) is 11.7 Å². The second-order valence-electron chi connectivity index (χ2n) is 8.88. The molecule has 1 atom stereocenters. The standard InChI is InChI=1S/C22H31N5OS/c1-16-14-29-20-19(16)23-15-24-21(20)25-11-6-18(7-12-25)27-10-4-5-17(13-27)22(28)26-8-2-3-9-26/h14-15,17-18H,2-13H2,1H3/t17-/m1/s1. The Kier molecular flexibility index (Phi) is 5.43. The molecule has 0 unspecified atom stereocenters. The SMILES string of the molecule is Cc1csc2c(N3CCC(N4CCC[C@@H](C(=O)N5CCCC5)C4)CC3)ncnc12. The van der Waals surface area contributed by atoms with Gasteiger partial charge in [-0.1, -0.05) is 0 Å². The van der Waals surface area contributed by atoms with Gasteiger partial charge in [-0.25, -0.2) is 9.97 Å². The summed E-state index contributed by atoms with van der Waals surface area (Å²) in [5.74, 6) is 1.74. The summed E-state index contributed by atoms with van der Waals surface area (Å²) in [5.41, 5.74) is 2.34. The van der Waals surface area contributed by atoms with Crippen LogP contribution in [0.2, 0.25) is 0 Å². The molecule has 0 aromatic carbocycles. The summed E-state index contributed by atoms with van der Waals surface area (Å²) in [6.07, 6.45) is 8.61. The molecule has 2 aromatic rings. The zero-order valence-corrected chi connectivity index (χ0v) is 18.2. The predicted octanol–water partition coefficient (Wildman–Crippen LogP) is 3.30. The normalized spacial score (nSPS) is 24.5. The van der Waals surface area contributed by atoms with Crippen molar-refractivity contribution in [1.29, 1.82) is 0 Å². The van der Waals surface area contributed by atoms with Gasteiger partial charge in [0.1, 0.15) is 12.1 Å². The predicted molar refractivity (Wildman–Crippen MR) is 117 cm³/mol. The summed E-state index contributed by atoms with van der Waals surface area (Å²) >= 11 is 1.76. The molecular weight excluding hydrogens is 382 g/mol. The van der Waals surface area contributed by atoms with E-state index < -0.39 is 0 Å². The largest absolute Gasteiger partial charge is 0.355 e. The Morgan fingerprint density at radius 3 is 2.62 bits per heavy atom. The van der Waals surface area contributed by atoms with Crippen LogP contribution in [-0.4, -0.2) is 71.0 Å². The minimum Gasteiger partial charge on any atom is -0.355 e. The topological polar surface area (TPSA) is 52.6 Å². The van der Waals surface area contributed by atoms with Crippen LogP contribution in [0.1, 0.15) is 44.1 Å². The molecule has 2 aromatic heterocycles. The number of aromatic nitrogens is 2. The van der Waals surface area contributed by atoms with Crippen LogP contribution in [0.4, 0.5) is 5.82 Å². The van der Waals surface area contributed by atoms with E-state index in [1.54, 1.807) is 17.7 Å². The fourth-order valence-corrected chi connectivity index (χ4v) is 6.38. The second-order valence-corrected chi connectivity index (χ2v) is 9.76. The average molecular weight is 414 g/mol. The van der Waals surface area contributed by atoms with Crippen LogP contribution < -0.4 is 4.90 Å². The number of fused-ring (bicyclic) bond motifs is 1. The van der Waals surface area contributed by atoms with Crippen LogP contribution >= 0.6 is 11.3 Å². The molecular formula is C22H31N5OS. The van der Waals surface area contributed by atoms with Gasteiger partial charge in [-0.05, 0) is 62.9 Å². The Hall–Kier alpha value is -1.73. The lowest BCUT2D eigenvalue weighted by molar-refractivity contribution is -0.136. The van der Waals surface area contributed by atoms with Gasteiger partial charge in [-0.3, -0.25) is 9.69 Å². The number of carbonyl (C=O) groups excluding carboxylic acids is 1. The van der Waals surface area contributed by atoms with Gasteiger partial charge in [0.15, 0.2) is 0 Å². The zero-order valence-electron chi connectivity index (χ0n) is 17.3. The summed E-state index contributed by atoms with van der Waals surface area (Å²) in [7, 11) is 0. The van der Waals surface area contributed by atoms with Crippen LogP contribution in [0.3, 0.4) is 0 Å². The summed E-state index contributed by atoms with van der Waals surface area (Å²) in [4.78, 5) is 29.1. The van der Waals surface area contributed by atoms with Crippen LogP contribution in [0.5, 0.6) is 0 Å². The third-order valence-corrected chi connectivity index (χ3v) is 8.10. The number of amides is 1. The fourth-order valence-electron chi connectivity index (χ4n) is 5.36. The monoisotopic (exact) mass is 413 g/mol. The van der Waals surface area contributed by atoms with E-state index in [4.69, 9.17) is 0 Å². The quantitative estimate of drug-likeness (QED) is 0.773. The molecule has 1 amide bonds. The number of hydrogen-bond donors (Lipinski definition) is 0. The zero-order chi connectivity index (χ0) is 19.8. The van der Waals surface area contributed by atoms with Crippen molar-refractivity contribution in [2.75, 3.05) is 44.2 Å². The molecule has 0 spiro atoms. The molecule has 29 heavy (non-hydrogen) atoms. The highest BCUT2D eigenvalue weighted by atomic mass is 32.1. The van der Waals surface area contributed by atoms with E-state index in [9.17, 15) is 4.79 Å². The molecule has 3 fully saturated rings. The first kappa shape index (κ1) is 19.2. The highest BCUT2D eigenvalue weighted by molar-refractivity contribution is 7.18. The molecule has 7 heteroatoms. The van der Waals surface area contributed by atoms with Gasteiger partial charge in [0, 0.05) is 38.8 Å². The van der Waals surface area contributed by atoms with Crippen LogP contribution in [0.25, 0.3) is 10.2 Å². The van der Waals surface area contributed by atoms with Crippen molar-refractivity contribution in [1.82, 2.24) is 19.8 Å². The summed E-state index contributed by atoms with van der Waals surface area (Å²) in [6, 6.07) is 0.600. The first-order valence-corrected chi connectivity index (χ1v) is 12.1. The Labute approximate surface area is 176 Å². The smallest absolute Gasteiger partial charge is 0.226 e. The average Bonchev–Trinajstić information content (AvgIpc) is 3.44. The molecule has 0 N–H and O–H groups in total. The molecule has 3 aliphatic rings. The summed E-state index contributed by atoms with van der Waals surface area (Å²) in [5, 5.41) is 2.18. The molecule has 0 radical (unpaired) electrons. The number of thiophene rings is 1. The molecule has 5 heterocycles. The van der Waals surface area contributed by atoms with E-state index in [-0.39, 0.29) is 5.92 Å².